The number of hydrogen-bond acceptors (Lipinski definition) is 2. The van der Waals surface area contributed by atoms with Crippen LogP contribution >= 0.6 is 0 Å². The van der Waals surface area contributed by atoms with Crippen LogP contribution in [0, 0.1) is 0 Å². The third kappa shape index (κ3) is 2.44. The van der Waals surface area contributed by atoms with Gasteiger partial charge >= 0.3 is 0 Å². The van der Waals surface area contributed by atoms with Gasteiger partial charge in [0.1, 0.15) is 0 Å². The molecule has 1 N–H and O–H groups in total. The van der Waals surface area contributed by atoms with Crippen molar-refractivity contribution in [1.29, 1.82) is 0 Å². The van der Waals surface area contributed by atoms with Crippen molar-refractivity contribution >= 4 is 10.8 Å². The minimum atomic E-state index is -0.633. The first-order valence-electron chi connectivity index (χ1n) is 6.26. The molecule has 2 nitrogen and oxygen atoms in total. The van der Waals surface area contributed by atoms with Crippen LogP contribution < -0.4 is 0 Å². The van der Waals surface area contributed by atoms with E-state index in [-0.39, 0.29) is 0 Å². The molecular formula is C12H22O2S. The second-order valence-corrected chi connectivity index (χ2v) is 7.23. The first kappa shape index (κ1) is 11.6. The van der Waals surface area contributed by atoms with Crippen LogP contribution in [0.15, 0.2) is 0 Å². The first-order chi connectivity index (χ1) is 7.14. The van der Waals surface area contributed by atoms with Crippen molar-refractivity contribution in [2.45, 2.75) is 74.4 Å². The van der Waals surface area contributed by atoms with Crippen molar-refractivity contribution in [2.75, 3.05) is 0 Å². The summed E-state index contributed by atoms with van der Waals surface area (Å²) in [6.45, 7) is 2.18. The van der Waals surface area contributed by atoms with Crippen LogP contribution in [0.25, 0.3) is 0 Å². The molecule has 2 saturated heterocycles. The molecule has 0 aromatic heterocycles. The van der Waals surface area contributed by atoms with E-state index in [0.717, 1.165) is 38.5 Å². The second-order valence-electron chi connectivity index (χ2n) is 5.24. The smallest absolute Gasteiger partial charge is 0.0670 e. The van der Waals surface area contributed by atoms with Gasteiger partial charge in [-0.3, -0.25) is 4.21 Å². The average molecular weight is 230 g/mol. The minimum Gasteiger partial charge on any atom is -0.390 e. The standard InChI is InChI=1S/C12H22O2S/c1-2-3-4-7-12(13)8-10-5-6-11(9-12)15(10)14/h10-11,13H,2-9H2,1H3. The fraction of sp³-hybridized carbons (Fsp3) is 1.00. The number of rotatable bonds is 4. The highest BCUT2D eigenvalue weighted by molar-refractivity contribution is 7.86. The summed E-state index contributed by atoms with van der Waals surface area (Å²) in [5.41, 5.74) is -0.477. The van der Waals surface area contributed by atoms with Crippen LogP contribution in [0.5, 0.6) is 0 Å². The Kier molecular flexibility index (Phi) is 3.51. The molecule has 0 amide bonds. The van der Waals surface area contributed by atoms with E-state index in [9.17, 15) is 9.32 Å². The zero-order valence-electron chi connectivity index (χ0n) is 9.58. The number of aliphatic hydroxyl groups is 1. The topological polar surface area (TPSA) is 37.3 Å². The van der Waals surface area contributed by atoms with Gasteiger partial charge in [0.05, 0.1) is 5.60 Å². The molecule has 0 aromatic rings. The zero-order chi connectivity index (χ0) is 10.9. The van der Waals surface area contributed by atoms with Crippen LogP contribution in [-0.2, 0) is 10.8 Å². The summed E-state index contributed by atoms with van der Waals surface area (Å²) in [6, 6.07) is 0. The third-order valence-electron chi connectivity index (χ3n) is 3.93. The van der Waals surface area contributed by atoms with Gasteiger partial charge in [0.25, 0.3) is 0 Å². The summed E-state index contributed by atoms with van der Waals surface area (Å²) < 4.78 is 11.8. The van der Waals surface area contributed by atoms with E-state index in [0.29, 0.717) is 10.5 Å². The maximum absolute atomic E-state index is 11.8. The Balaban J connectivity index is 1.91. The lowest BCUT2D eigenvalue weighted by Crippen LogP contribution is -2.42. The second kappa shape index (κ2) is 4.54. The molecule has 0 saturated carbocycles. The van der Waals surface area contributed by atoms with E-state index in [2.05, 4.69) is 6.92 Å². The average Bonchev–Trinajstić information content (AvgIpc) is 2.44. The van der Waals surface area contributed by atoms with Crippen LogP contribution in [0.2, 0.25) is 0 Å². The van der Waals surface area contributed by atoms with Crippen molar-refractivity contribution in [2.24, 2.45) is 0 Å². The van der Waals surface area contributed by atoms with Gasteiger partial charge in [-0.25, -0.2) is 0 Å². The lowest BCUT2D eigenvalue weighted by molar-refractivity contribution is 0.0120. The highest BCUT2D eigenvalue weighted by Gasteiger charge is 2.46. The van der Waals surface area contributed by atoms with Crippen LogP contribution in [0.4, 0.5) is 0 Å². The SMILES string of the molecule is CCCCCC1(O)CC2CCC(C1)S2=O. The van der Waals surface area contributed by atoms with Gasteiger partial charge in [0.2, 0.25) is 0 Å². The van der Waals surface area contributed by atoms with E-state index in [4.69, 9.17) is 0 Å². The molecule has 2 aliphatic rings. The normalized spacial score (nSPS) is 44.5. The van der Waals surface area contributed by atoms with Crippen molar-refractivity contribution in [3.05, 3.63) is 0 Å². The summed E-state index contributed by atoms with van der Waals surface area (Å²) in [7, 11) is -0.633. The molecule has 0 aromatic carbocycles. The fourth-order valence-electron chi connectivity index (χ4n) is 3.08. The molecule has 2 unspecified atom stereocenters. The number of hydrogen-bond donors (Lipinski definition) is 1. The minimum absolute atomic E-state index is 0.301. The summed E-state index contributed by atoms with van der Waals surface area (Å²) in [4.78, 5) is 0. The largest absolute Gasteiger partial charge is 0.390 e. The molecule has 3 heteroatoms. The zero-order valence-corrected chi connectivity index (χ0v) is 10.4. The molecule has 2 fully saturated rings. The van der Waals surface area contributed by atoms with Crippen LogP contribution in [0.3, 0.4) is 0 Å². The van der Waals surface area contributed by atoms with Crippen molar-refractivity contribution in [3.8, 4) is 0 Å². The van der Waals surface area contributed by atoms with Crippen molar-refractivity contribution in [1.82, 2.24) is 0 Å². The molecule has 2 aliphatic heterocycles. The van der Waals surface area contributed by atoms with Crippen LogP contribution in [0.1, 0.15) is 58.3 Å². The Bertz CT molecular complexity index is 236. The molecule has 2 bridgehead atoms. The Morgan fingerprint density at radius 3 is 2.40 bits per heavy atom. The monoisotopic (exact) mass is 230 g/mol. The molecule has 0 radical (unpaired) electrons. The van der Waals surface area contributed by atoms with Gasteiger partial charge in [0, 0.05) is 21.3 Å². The predicted molar refractivity (Wildman–Crippen MR) is 63.3 cm³/mol. The quantitative estimate of drug-likeness (QED) is 0.753. The highest BCUT2D eigenvalue weighted by Crippen LogP contribution is 2.42. The molecular weight excluding hydrogens is 208 g/mol. The molecule has 15 heavy (non-hydrogen) atoms. The molecule has 2 rings (SSSR count). The van der Waals surface area contributed by atoms with Gasteiger partial charge < -0.3 is 5.11 Å². The Morgan fingerprint density at radius 2 is 1.87 bits per heavy atom. The van der Waals surface area contributed by atoms with E-state index >= 15 is 0 Å². The molecule has 88 valence electrons. The molecule has 0 aliphatic carbocycles. The summed E-state index contributed by atoms with van der Waals surface area (Å²) >= 11 is 0. The fourth-order valence-corrected chi connectivity index (χ4v) is 5.31. The highest BCUT2D eigenvalue weighted by atomic mass is 32.2. The van der Waals surface area contributed by atoms with Crippen molar-refractivity contribution in [3.63, 3.8) is 0 Å². The number of unbranched alkanes of at least 4 members (excludes halogenated alkanes) is 2. The van der Waals surface area contributed by atoms with Gasteiger partial charge in [-0.2, -0.15) is 0 Å². The summed E-state index contributed by atoms with van der Waals surface area (Å²) in [5, 5.41) is 11.1. The Morgan fingerprint density at radius 1 is 1.27 bits per heavy atom. The van der Waals surface area contributed by atoms with Crippen LogP contribution in [-0.4, -0.2) is 25.4 Å². The van der Waals surface area contributed by atoms with Gasteiger partial charge in [-0.15, -0.1) is 0 Å². The third-order valence-corrected chi connectivity index (χ3v) is 6.05. The van der Waals surface area contributed by atoms with Gasteiger partial charge in [0.15, 0.2) is 0 Å². The summed E-state index contributed by atoms with van der Waals surface area (Å²) in [6.07, 6.45) is 8.19. The van der Waals surface area contributed by atoms with E-state index in [1.165, 1.54) is 12.8 Å². The first-order valence-corrected chi connectivity index (χ1v) is 7.54. The lowest BCUT2D eigenvalue weighted by Gasteiger charge is -2.36. The number of fused-ring (bicyclic) bond motifs is 2. The predicted octanol–water partition coefficient (Wildman–Crippen LogP) is 2.37. The van der Waals surface area contributed by atoms with E-state index < -0.39 is 16.4 Å². The van der Waals surface area contributed by atoms with E-state index in [1.54, 1.807) is 0 Å². The van der Waals surface area contributed by atoms with E-state index in [1.807, 2.05) is 0 Å². The summed E-state index contributed by atoms with van der Waals surface area (Å²) in [5.74, 6) is 0. The lowest BCUT2D eigenvalue weighted by atomic mass is 9.88. The molecule has 0 spiro atoms. The maximum Gasteiger partial charge on any atom is 0.0670 e. The van der Waals surface area contributed by atoms with Gasteiger partial charge in [-0.05, 0) is 32.1 Å². The maximum atomic E-state index is 11.8. The van der Waals surface area contributed by atoms with Gasteiger partial charge in [-0.1, -0.05) is 26.2 Å². The molecule has 2 atom stereocenters. The molecule has 2 heterocycles. The Labute approximate surface area is 94.9 Å². The van der Waals surface area contributed by atoms with Crippen molar-refractivity contribution < 1.29 is 9.32 Å². The Hall–Kier alpha value is 0.110.